The summed E-state index contributed by atoms with van der Waals surface area (Å²) >= 11 is 0. The van der Waals surface area contributed by atoms with Gasteiger partial charge in [0, 0.05) is 84.6 Å². The van der Waals surface area contributed by atoms with E-state index in [2.05, 4.69) is 121 Å². The number of nitriles is 2. The molecule has 1 aliphatic rings. The van der Waals surface area contributed by atoms with Crippen molar-refractivity contribution in [2.24, 2.45) is 0 Å². The van der Waals surface area contributed by atoms with Crippen molar-refractivity contribution in [1.29, 1.82) is 10.5 Å². The number of hydrogen-bond donors (Lipinski definition) is 3. The van der Waals surface area contributed by atoms with Crippen molar-refractivity contribution in [2.75, 3.05) is 46.6 Å². The Bertz CT molecular complexity index is 3090. The van der Waals surface area contributed by atoms with Gasteiger partial charge in [0.25, 0.3) is 0 Å². The highest BCUT2D eigenvalue weighted by atomic mass is 16.3. The molecule has 0 aliphatic heterocycles. The molecule has 1 aliphatic carbocycles. The second-order valence-electron chi connectivity index (χ2n) is 21.4. The third-order valence-corrected chi connectivity index (χ3v) is 15.6. The van der Waals surface area contributed by atoms with Gasteiger partial charge in [0.1, 0.15) is 23.5 Å². The first-order chi connectivity index (χ1) is 37.1. The van der Waals surface area contributed by atoms with Gasteiger partial charge in [-0.2, -0.15) is 10.5 Å². The Morgan fingerprint density at radius 2 is 0.855 bits per heavy atom. The monoisotopic (exact) mass is 1020 g/mol. The van der Waals surface area contributed by atoms with Crippen LogP contribution in [0.5, 0.6) is 0 Å². The van der Waals surface area contributed by atoms with Crippen molar-refractivity contribution >= 4 is 83.2 Å². The summed E-state index contributed by atoms with van der Waals surface area (Å²) in [4.78, 5) is 32.0. The lowest BCUT2D eigenvalue weighted by Crippen LogP contribution is -2.28. The smallest absolute Gasteiger partial charge is 0.221 e. The van der Waals surface area contributed by atoms with Gasteiger partial charge in [0.15, 0.2) is 0 Å². The molecular formula is C67H84N6O3. The van der Waals surface area contributed by atoms with Gasteiger partial charge in [-0.05, 0) is 100.0 Å². The van der Waals surface area contributed by atoms with Crippen LogP contribution in [0.2, 0.25) is 0 Å². The molecular weight excluding hydrogens is 937 g/mol. The number of amides is 2. The Balaban J connectivity index is 1.51. The first kappa shape index (κ1) is 56.9. The van der Waals surface area contributed by atoms with Crippen LogP contribution in [0.25, 0.3) is 48.7 Å². The van der Waals surface area contributed by atoms with Crippen LogP contribution in [0.15, 0.2) is 102 Å². The molecule has 2 amide bonds. The molecule has 400 valence electrons. The molecule has 1 unspecified atom stereocenters. The molecule has 0 heterocycles. The van der Waals surface area contributed by atoms with Crippen LogP contribution in [0.3, 0.4) is 0 Å². The maximum atomic E-state index is 13.5. The van der Waals surface area contributed by atoms with Gasteiger partial charge < -0.3 is 25.5 Å². The lowest BCUT2D eigenvalue weighted by molar-refractivity contribution is -0.115. The molecule has 1 atom stereocenters. The number of aliphatic hydroxyl groups excluding tert-OH is 1. The van der Waals surface area contributed by atoms with E-state index in [0.717, 1.165) is 132 Å². The van der Waals surface area contributed by atoms with Gasteiger partial charge in [-0.1, -0.05) is 179 Å². The quantitative estimate of drug-likeness (QED) is 0.0232. The van der Waals surface area contributed by atoms with Crippen LogP contribution in [-0.2, 0) is 9.59 Å². The van der Waals surface area contributed by atoms with Crippen molar-refractivity contribution in [3.63, 3.8) is 0 Å². The Morgan fingerprint density at radius 1 is 0.500 bits per heavy atom. The first-order valence-electron chi connectivity index (χ1n) is 29.1. The van der Waals surface area contributed by atoms with E-state index in [1.807, 2.05) is 24.3 Å². The molecule has 6 aromatic rings. The van der Waals surface area contributed by atoms with Gasteiger partial charge in [-0.25, -0.2) is 0 Å². The Hall–Kier alpha value is -6.84. The number of fused-ring (bicyclic) bond motifs is 4. The topological polar surface area (TPSA) is 132 Å². The summed E-state index contributed by atoms with van der Waals surface area (Å²) in [6.07, 6.45) is 22.9. The molecule has 0 spiro atoms. The lowest BCUT2D eigenvalue weighted by atomic mass is 9.67. The summed E-state index contributed by atoms with van der Waals surface area (Å²) in [7, 11) is 0. The maximum absolute atomic E-state index is 13.5. The van der Waals surface area contributed by atoms with Crippen molar-refractivity contribution < 1.29 is 14.7 Å². The van der Waals surface area contributed by atoms with E-state index >= 15 is 0 Å². The molecule has 0 bridgehead atoms. The average Bonchev–Trinajstić information content (AvgIpc) is 3.44. The Morgan fingerprint density at radius 3 is 1.25 bits per heavy atom. The van der Waals surface area contributed by atoms with Gasteiger partial charge in [0.2, 0.25) is 11.8 Å². The molecule has 3 N–H and O–H groups in total. The van der Waals surface area contributed by atoms with Gasteiger partial charge in [-0.15, -0.1) is 0 Å². The molecule has 6 aromatic carbocycles. The second-order valence-corrected chi connectivity index (χ2v) is 21.4. The number of anilines is 4. The summed E-state index contributed by atoms with van der Waals surface area (Å²) in [6, 6.07) is 33.9. The zero-order valence-corrected chi connectivity index (χ0v) is 46.7. The van der Waals surface area contributed by atoms with Crippen LogP contribution in [0.1, 0.15) is 187 Å². The molecule has 7 rings (SSSR count). The predicted octanol–water partition coefficient (Wildman–Crippen LogP) is 18.1. The number of hydrogen-bond acceptors (Lipinski definition) is 7. The number of nitrogens with zero attached hydrogens (tertiary/aromatic N) is 4. The lowest BCUT2D eigenvalue weighted by Gasteiger charge is -2.38. The van der Waals surface area contributed by atoms with Gasteiger partial charge >= 0.3 is 0 Å². The van der Waals surface area contributed by atoms with E-state index in [1.165, 1.54) is 90.9 Å². The number of benzene rings is 6. The van der Waals surface area contributed by atoms with Gasteiger partial charge in [-0.3, -0.25) is 9.59 Å². The first-order valence-corrected chi connectivity index (χ1v) is 29.1. The fourth-order valence-electron chi connectivity index (χ4n) is 11.7. The summed E-state index contributed by atoms with van der Waals surface area (Å²) < 4.78 is 0. The molecule has 9 nitrogen and oxygen atoms in total. The predicted molar refractivity (Wildman–Crippen MR) is 322 cm³/mol. The average molecular weight is 1020 g/mol. The minimum Gasteiger partial charge on any atom is -0.511 e. The van der Waals surface area contributed by atoms with Crippen molar-refractivity contribution in [2.45, 2.75) is 176 Å². The maximum Gasteiger partial charge on any atom is 0.221 e. The molecule has 9 heteroatoms. The number of nitrogens with one attached hydrogen (secondary N) is 2. The van der Waals surface area contributed by atoms with E-state index < -0.39 is 5.92 Å². The number of carbonyl (C=O) groups is 2. The number of unbranched alkanes of at least 4 members (excludes halogenated alkanes) is 16. The minimum absolute atomic E-state index is 0.0342. The summed E-state index contributed by atoms with van der Waals surface area (Å²) in [6.45, 7) is 15.4. The fraction of sp³-hybridized carbons (Fsp3) is 0.463. The van der Waals surface area contributed by atoms with Crippen LogP contribution in [0, 0.1) is 22.7 Å². The van der Waals surface area contributed by atoms with Crippen molar-refractivity contribution in [3.05, 3.63) is 113 Å². The number of allylic oxidation sites excluding steroid dienone is 3. The highest BCUT2D eigenvalue weighted by molar-refractivity contribution is 6.18. The Kier molecular flexibility index (Phi) is 21.2. The van der Waals surface area contributed by atoms with E-state index in [1.54, 1.807) is 0 Å². The largest absolute Gasteiger partial charge is 0.511 e. The summed E-state index contributed by atoms with van der Waals surface area (Å²) in [5.41, 5.74) is 4.78. The zero-order valence-electron chi connectivity index (χ0n) is 46.7. The van der Waals surface area contributed by atoms with Crippen LogP contribution >= 0.6 is 0 Å². The molecule has 0 fully saturated rings. The van der Waals surface area contributed by atoms with Crippen LogP contribution in [0.4, 0.5) is 22.7 Å². The van der Waals surface area contributed by atoms with E-state index in [9.17, 15) is 25.2 Å². The SMILES string of the molecule is CCCCCCCN(CCCCCCC)c1cc(NC(C)=O)c(C2=C(O)C(c3c(NC(C)=O)cc(N(CCCCCCC)CCCCCCC)c4cc5ccccc5cc34)C2=C(C#N)C#N)c2cc3ccccc3cc12. The van der Waals surface area contributed by atoms with Crippen LogP contribution in [-0.4, -0.2) is 43.1 Å². The number of carbonyl (C=O) groups excluding carboxylic acids is 2. The molecule has 0 saturated carbocycles. The zero-order chi connectivity index (χ0) is 54.0. The van der Waals surface area contributed by atoms with Gasteiger partial charge in [0.05, 0.1) is 11.6 Å². The number of aliphatic hydroxyl groups is 1. The number of rotatable bonds is 30. The molecule has 0 saturated heterocycles. The van der Waals surface area contributed by atoms with Crippen molar-refractivity contribution in [3.8, 4) is 12.1 Å². The normalized spacial score (nSPS) is 13.3. The van der Waals surface area contributed by atoms with Crippen molar-refractivity contribution in [1.82, 2.24) is 0 Å². The van der Waals surface area contributed by atoms with E-state index in [0.29, 0.717) is 33.6 Å². The summed E-state index contributed by atoms with van der Waals surface area (Å²) in [5.74, 6) is -1.55. The van der Waals surface area contributed by atoms with E-state index in [-0.39, 0.29) is 23.1 Å². The molecule has 0 radical (unpaired) electrons. The van der Waals surface area contributed by atoms with Crippen LogP contribution < -0.4 is 20.4 Å². The minimum atomic E-state index is -0.969. The third-order valence-electron chi connectivity index (χ3n) is 15.6. The fourth-order valence-corrected chi connectivity index (χ4v) is 11.7. The second kappa shape index (κ2) is 28.3. The molecule has 76 heavy (non-hydrogen) atoms. The summed E-state index contributed by atoms with van der Waals surface area (Å²) in [5, 5.41) is 49.3. The highest BCUT2D eigenvalue weighted by Gasteiger charge is 2.44. The Labute approximate surface area is 454 Å². The molecule has 0 aromatic heterocycles. The standard InChI is InChI=1S/C67H84N6O3/c1-7-11-15-19-27-35-72(36-28-20-16-12-8-2)60-43-58(70-47(5)74)63(56-41-51-33-25-23-31-49(51)39-54(56)60)65-62(53(45-68)46-69)66(67(65)76)64-57-42-52-34-26-24-32-50(52)40-55(57)61(44-59(64)71-48(6)75)73(37-29-21-17-13-9-3)38-30-22-18-14-10-4/h23-26,31-34,39-44,65,76H,7-22,27-30,35-38H2,1-6H3,(H,70,74)(H,71,75). The highest BCUT2D eigenvalue weighted by Crippen LogP contribution is 2.59. The van der Waals surface area contributed by atoms with E-state index in [4.69, 9.17) is 0 Å². The third kappa shape index (κ3) is 13.6.